The third kappa shape index (κ3) is 7.15. The average Bonchev–Trinajstić information content (AvgIpc) is 2.40. The van der Waals surface area contributed by atoms with Crippen LogP contribution in [-0.4, -0.2) is 26.1 Å². The predicted molar refractivity (Wildman–Crippen MR) is 85.2 cm³/mol. The fourth-order valence-corrected chi connectivity index (χ4v) is 4.79. The summed E-state index contributed by atoms with van der Waals surface area (Å²) in [5.41, 5.74) is 0. The van der Waals surface area contributed by atoms with Gasteiger partial charge >= 0.3 is 125 Å². The standard InChI is InChI=1S/C17H28OSe/c1-4-6-7-8-12-15-17(3,18-5-2)19-16-13-10-9-11-14-16/h9-11,13-14H,4-8,12,15H2,1-3H3. The second kappa shape index (κ2) is 9.58. The van der Waals surface area contributed by atoms with Crippen LogP contribution < -0.4 is 4.46 Å². The van der Waals surface area contributed by atoms with Crippen molar-refractivity contribution in [2.75, 3.05) is 6.61 Å². The van der Waals surface area contributed by atoms with Crippen LogP contribution in [0, 0.1) is 0 Å². The van der Waals surface area contributed by atoms with Gasteiger partial charge in [-0.2, -0.15) is 0 Å². The summed E-state index contributed by atoms with van der Waals surface area (Å²) in [4.78, 5) is 0. The van der Waals surface area contributed by atoms with Gasteiger partial charge in [0, 0.05) is 0 Å². The number of benzene rings is 1. The zero-order valence-corrected chi connectivity index (χ0v) is 14.4. The summed E-state index contributed by atoms with van der Waals surface area (Å²) < 4.78 is 7.58. The van der Waals surface area contributed by atoms with Crippen LogP contribution in [0.15, 0.2) is 30.3 Å². The van der Waals surface area contributed by atoms with Crippen molar-refractivity contribution < 1.29 is 4.74 Å². The van der Waals surface area contributed by atoms with Gasteiger partial charge in [-0.15, -0.1) is 0 Å². The summed E-state index contributed by atoms with van der Waals surface area (Å²) in [6.07, 6.45) is 7.90. The molecule has 0 radical (unpaired) electrons. The Balaban J connectivity index is 2.44. The summed E-state index contributed by atoms with van der Waals surface area (Å²) in [6, 6.07) is 10.8. The molecule has 0 aliphatic carbocycles. The van der Waals surface area contributed by atoms with E-state index in [1.807, 2.05) is 0 Å². The van der Waals surface area contributed by atoms with Crippen molar-refractivity contribution in [3.8, 4) is 0 Å². The van der Waals surface area contributed by atoms with Crippen molar-refractivity contribution in [2.45, 2.75) is 63.8 Å². The van der Waals surface area contributed by atoms with E-state index in [2.05, 4.69) is 51.1 Å². The first-order valence-electron chi connectivity index (χ1n) is 7.58. The topological polar surface area (TPSA) is 9.23 Å². The minimum absolute atomic E-state index is 0.0648. The van der Waals surface area contributed by atoms with Crippen LogP contribution in [0.2, 0.25) is 0 Å². The zero-order chi connectivity index (χ0) is 14.0. The Bertz CT molecular complexity index is 325. The summed E-state index contributed by atoms with van der Waals surface area (Å²) >= 11 is 0.398. The third-order valence-electron chi connectivity index (χ3n) is 3.26. The second-order valence-electron chi connectivity index (χ2n) is 5.15. The summed E-state index contributed by atoms with van der Waals surface area (Å²) in [7, 11) is 0. The molecular formula is C17H28OSe. The van der Waals surface area contributed by atoms with Crippen LogP contribution in [0.1, 0.15) is 59.3 Å². The fraction of sp³-hybridized carbons (Fsp3) is 0.647. The molecule has 2 heteroatoms. The van der Waals surface area contributed by atoms with Crippen molar-refractivity contribution in [3.63, 3.8) is 0 Å². The zero-order valence-electron chi connectivity index (χ0n) is 12.7. The Morgan fingerprint density at radius 2 is 1.68 bits per heavy atom. The predicted octanol–water partition coefficient (Wildman–Crippen LogP) is 4.13. The first kappa shape index (κ1) is 16.8. The molecule has 1 rings (SSSR count). The molecule has 0 spiro atoms. The maximum absolute atomic E-state index is 6.07. The molecule has 0 bridgehead atoms. The summed E-state index contributed by atoms with van der Waals surface area (Å²) in [5, 5.41) is 0. The quantitative estimate of drug-likeness (QED) is 0.464. The van der Waals surface area contributed by atoms with Gasteiger partial charge in [-0.25, -0.2) is 0 Å². The number of hydrogen-bond acceptors (Lipinski definition) is 1. The minimum atomic E-state index is 0.0648. The van der Waals surface area contributed by atoms with Crippen molar-refractivity contribution >= 4 is 19.4 Å². The van der Waals surface area contributed by atoms with E-state index in [1.54, 1.807) is 0 Å². The Morgan fingerprint density at radius 3 is 2.32 bits per heavy atom. The van der Waals surface area contributed by atoms with Gasteiger partial charge in [-0.3, -0.25) is 0 Å². The molecule has 0 aromatic heterocycles. The molecule has 0 N–H and O–H groups in total. The first-order valence-corrected chi connectivity index (χ1v) is 9.29. The molecule has 0 amide bonds. The van der Waals surface area contributed by atoms with Crippen LogP contribution in [0.4, 0.5) is 0 Å². The molecule has 1 atom stereocenters. The van der Waals surface area contributed by atoms with Gasteiger partial charge in [0.2, 0.25) is 0 Å². The Morgan fingerprint density at radius 1 is 1.00 bits per heavy atom. The molecular weight excluding hydrogens is 299 g/mol. The van der Waals surface area contributed by atoms with E-state index >= 15 is 0 Å². The van der Waals surface area contributed by atoms with Crippen molar-refractivity contribution in [3.05, 3.63) is 30.3 Å². The Kier molecular flexibility index (Phi) is 8.45. The summed E-state index contributed by atoms with van der Waals surface area (Å²) in [5.74, 6) is 0. The van der Waals surface area contributed by atoms with Gasteiger partial charge in [0.1, 0.15) is 0 Å². The van der Waals surface area contributed by atoms with Crippen LogP contribution in [0.5, 0.6) is 0 Å². The van der Waals surface area contributed by atoms with E-state index in [9.17, 15) is 0 Å². The SMILES string of the molecule is CCCCCCCC(C)(OCC)[Se]c1ccccc1. The molecule has 1 unspecified atom stereocenters. The molecule has 1 aromatic rings. The molecule has 108 valence electrons. The monoisotopic (exact) mass is 328 g/mol. The van der Waals surface area contributed by atoms with Crippen LogP contribution >= 0.6 is 0 Å². The number of rotatable bonds is 10. The van der Waals surface area contributed by atoms with Crippen LogP contribution in [0.25, 0.3) is 0 Å². The van der Waals surface area contributed by atoms with E-state index in [0.717, 1.165) is 6.61 Å². The maximum atomic E-state index is 6.07. The van der Waals surface area contributed by atoms with Gasteiger partial charge in [0.05, 0.1) is 0 Å². The van der Waals surface area contributed by atoms with Gasteiger partial charge < -0.3 is 0 Å². The number of unbranched alkanes of at least 4 members (excludes halogenated alkanes) is 4. The Labute approximate surface area is 125 Å². The van der Waals surface area contributed by atoms with Gasteiger partial charge in [0.15, 0.2) is 0 Å². The van der Waals surface area contributed by atoms with Gasteiger partial charge in [0.25, 0.3) is 0 Å². The molecule has 0 fully saturated rings. The average molecular weight is 327 g/mol. The van der Waals surface area contributed by atoms with E-state index in [4.69, 9.17) is 4.74 Å². The van der Waals surface area contributed by atoms with Crippen molar-refractivity contribution in [1.29, 1.82) is 0 Å². The van der Waals surface area contributed by atoms with Crippen LogP contribution in [-0.2, 0) is 4.74 Å². The molecule has 0 aliphatic heterocycles. The third-order valence-corrected chi connectivity index (χ3v) is 5.91. The Hall–Kier alpha value is -0.301. The molecule has 0 saturated carbocycles. The van der Waals surface area contributed by atoms with Crippen molar-refractivity contribution in [1.82, 2.24) is 0 Å². The fourth-order valence-electron chi connectivity index (χ4n) is 2.25. The molecule has 1 nitrogen and oxygen atoms in total. The van der Waals surface area contributed by atoms with E-state index in [-0.39, 0.29) is 4.50 Å². The van der Waals surface area contributed by atoms with E-state index in [0.29, 0.717) is 15.0 Å². The molecule has 1 aromatic carbocycles. The second-order valence-corrected chi connectivity index (χ2v) is 8.38. The molecule has 19 heavy (non-hydrogen) atoms. The van der Waals surface area contributed by atoms with Crippen LogP contribution in [0.3, 0.4) is 0 Å². The van der Waals surface area contributed by atoms with Gasteiger partial charge in [-0.1, -0.05) is 0 Å². The molecule has 0 saturated heterocycles. The summed E-state index contributed by atoms with van der Waals surface area (Å²) in [6.45, 7) is 7.49. The molecule has 0 aliphatic rings. The van der Waals surface area contributed by atoms with E-state index < -0.39 is 0 Å². The number of hydrogen-bond donors (Lipinski definition) is 0. The molecule has 0 heterocycles. The number of ether oxygens (including phenoxy) is 1. The first-order chi connectivity index (χ1) is 9.20. The van der Waals surface area contributed by atoms with E-state index in [1.165, 1.54) is 43.0 Å². The normalized spacial score (nSPS) is 14.3. The van der Waals surface area contributed by atoms with Crippen molar-refractivity contribution in [2.24, 2.45) is 0 Å². The van der Waals surface area contributed by atoms with Gasteiger partial charge in [-0.05, 0) is 0 Å².